The largest absolute Gasteiger partial charge is 0.468 e. The van der Waals surface area contributed by atoms with E-state index in [4.69, 9.17) is 10.2 Å². The van der Waals surface area contributed by atoms with Crippen LogP contribution in [0.5, 0.6) is 0 Å². The van der Waals surface area contributed by atoms with E-state index >= 15 is 0 Å². The predicted octanol–water partition coefficient (Wildman–Crippen LogP) is 2.23. The molecule has 1 aromatic heterocycles. The molecule has 0 amide bonds. The summed E-state index contributed by atoms with van der Waals surface area (Å²) in [6.07, 6.45) is 7.18. The summed E-state index contributed by atoms with van der Waals surface area (Å²) in [5.41, 5.74) is 6.39. The Bertz CT molecular complexity index is 354. The lowest BCUT2D eigenvalue weighted by Gasteiger charge is -2.42. The van der Waals surface area contributed by atoms with Gasteiger partial charge in [-0.2, -0.15) is 0 Å². The monoisotopic (exact) mass is 234 g/mol. The van der Waals surface area contributed by atoms with Crippen molar-refractivity contribution in [1.29, 1.82) is 0 Å². The molecule has 2 aliphatic rings. The van der Waals surface area contributed by atoms with Crippen LogP contribution >= 0.6 is 0 Å². The zero-order chi connectivity index (χ0) is 11.9. The van der Waals surface area contributed by atoms with Crippen molar-refractivity contribution >= 4 is 0 Å². The van der Waals surface area contributed by atoms with E-state index in [1.54, 1.807) is 6.26 Å². The van der Waals surface area contributed by atoms with Gasteiger partial charge < -0.3 is 10.2 Å². The van der Waals surface area contributed by atoms with Gasteiger partial charge in [-0.3, -0.25) is 4.90 Å². The second-order valence-electron chi connectivity index (χ2n) is 5.68. The standard InChI is InChI=1S/C14H22N2O/c1-16(9-13-3-2-8-17-13)14(10-15,11-4-5-11)12-6-7-12/h2-3,8,11-12H,4-7,9-10,15H2,1H3. The van der Waals surface area contributed by atoms with Crippen LogP contribution in [0.25, 0.3) is 0 Å². The highest BCUT2D eigenvalue weighted by Crippen LogP contribution is 2.54. The molecule has 0 aromatic carbocycles. The summed E-state index contributed by atoms with van der Waals surface area (Å²) >= 11 is 0. The molecule has 2 saturated carbocycles. The van der Waals surface area contributed by atoms with E-state index in [9.17, 15) is 0 Å². The summed E-state index contributed by atoms with van der Waals surface area (Å²) < 4.78 is 5.46. The van der Waals surface area contributed by atoms with Crippen molar-refractivity contribution in [2.24, 2.45) is 17.6 Å². The van der Waals surface area contributed by atoms with Gasteiger partial charge in [0.05, 0.1) is 12.8 Å². The molecule has 3 nitrogen and oxygen atoms in total. The third-order valence-electron chi connectivity index (χ3n) is 4.58. The molecule has 2 fully saturated rings. The van der Waals surface area contributed by atoms with Crippen LogP contribution in [0.4, 0.5) is 0 Å². The molecule has 17 heavy (non-hydrogen) atoms. The fourth-order valence-electron chi connectivity index (χ4n) is 3.40. The highest BCUT2D eigenvalue weighted by Gasteiger charge is 2.55. The van der Waals surface area contributed by atoms with Crippen LogP contribution in [-0.2, 0) is 6.54 Å². The highest BCUT2D eigenvalue weighted by molar-refractivity contribution is 5.12. The maximum atomic E-state index is 6.15. The number of nitrogens with zero attached hydrogens (tertiary/aromatic N) is 1. The van der Waals surface area contributed by atoms with E-state index in [1.807, 2.05) is 6.07 Å². The highest BCUT2D eigenvalue weighted by atomic mass is 16.3. The van der Waals surface area contributed by atoms with Crippen LogP contribution in [-0.4, -0.2) is 24.0 Å². The van der Waals surface area contributed by atoms with Crippen molar-refractivity contribution in [3.63, 3.8) is 0 Å². The molecule has 0 spiro atoms. The summed E-state index contributed by atoms with van der Waals surface area (Å²) in [5, 5.41) is 0. The van der Waals surface area contributed by atoms with E-state index in [-0.39, 0.29) is 5.54 Å². The molecule has 0 radical (unpaired) electrons. The van der Waals surface area contributed by atoms with Crippen molar-refractivity contribution in [1.82, 2.24) is 4.90 Å². The normalized spacial score (nSPS) is 21.1. The molecule has 0 bridgehead atoms. The van der Waals surface area contributed by atoms with Crippen molar-refractivity contribution < 1.29 is 4.42 Å². The van der Waals surface area contributed by atoms with Gasteiger partial charge in [0.15, 0.2) is 0 Å². The molecule has 2 N–H and O–H groups in total. The Morgan fingerprint density at radius 2 is 2.00 bits per heavy atom. The molecule has 1 aromatic rings. The maximum absolute atomic E-state index is 6.15. The van der Waals surface area contributed by atoms with Crippen molar-refractivity contribution in [3.05, 3.63) is 24.2 Å². The summed E-state index contributed by atoms with van der Waals surface area (Å²) in [5.74, 6) is 2.69. The third-order valence-corrected chi connectivity index (χ3v) is 4.58. The summed E-state index contributed by atoms with van der Waals surface area (Å²) in [6, 6.07) is 4.01. The van der Waals surface area contributed by atoms with E-state index in [1.165, 1.54) is 25.7 Å². The molecular weight excluding hydrogens is 212 g/mol. The minimum atomic E-state index is 0.243. The van der Waals surface area contributed by atoms with Crippen LogP contribution < -0.4 is 5.73 Å². The minimum Gasteiger partial charge on any atom is -0.468 e. The molecule has 0 aliphatic heterocycles. The second kappa shape index (κ2) is 4.14. The summed E-state index contributed by atoms with van der Waals surface area (Å²) in [6.45, 7) is 1.68. The number of furan rings is 1. The van der Waals surface area contributed by atoms with Gasteiger partial charge in [-0.25, -0.2) is 0 Å². The molecule has 3 rings (SSSR count). The van der Waals surface area contributed by atoms with Gasteiger partial charge in [-0.1, -0.05) is 0 Å². The first kappa shape index (κ1) is 11.3. The average molecular weight is 234 g/mol. The lowest BCUT2D eigenvalue weighted by molar-refractivity contribution is 0.0644. The molecular formula is C14H22N2O. The lowest BCUT2D eigenvalue weighted by atomic mass is 9.85. The number of likely N-dealkylation sites (N-methyl/N-ethyl adjacent to an activating group) is 1. The second-order valence-corrected chi connectivity index (χ2v) is 5.68. The van der Waals surface area contributed by atoms with E-state index in [2.05, 4.69) is 18.0 Å². The number of nitrogens with two attached hydrogens (primary N) is 1. The summed E-state index contributed by atoms with van der Waals surface area (Å²) in [4.78, 5) is 2.46. The Labute approximate surface area is 103 Å². The lowest BCUT2D eigenvalue weighted by Crippen LogP contribution is -2.55. The minimum absolute atomic E-state index is 0.243. The fraction of sp³-hybridized carbons (Fsp3) is 0.714. The topological polar surface area (TPSA) is 42.4 Å². The van der Waals surface area contributed by atoms with Crippen molar-refractivity contribution in [3.8, 4) is 0 Å². The number of hydrogen-bond donors (Lipinski definition) is 1. The fourth-order valence-corrected chi connectivity index (χ4v) is 3.40. The molecule has 2 aliphatic carbocycles. The Hall–Kier alpha value is -0.800. The first-order valence-electron chi connectivity index (χ1n) is 6.71. The zero-order valence-corrected chi connectivity index (χ0v) is 10.6. The first-order valence-corrected chi connectivity index (χ1v) is 6.71. The molecule has 94 valence electrons. The van der Waals surface area contributed by atoms with Crippen LogP contribution in [0.1, 0.15) is 31.4 Å². The van der Waals surface area contributed by atoms with Gasteiger partial charge in [0.2, 0.25) is 0 Å². The number of hydrogen-bond acceptors (Lipinski definition) is 3. The molecule has 3 heteroatoms. The quantitative estimate of drug-likeness (QED) is 0.820. The van der Waals surface area contributed by atoms with Gasteiger partial charge in [0, 0.05) is 12.1 Å². The van der Waals surface area contributed by atoms with Gasteiger partial charge in [0.25, 0.3) is 0 Å². The van der Waals surface area contributed by atoms with Crippen LogP contribution in [0.2, 0.25) is 0 Å². The van der Waals surface area contributed by atoms with Crippen LogP contribution in [0.15, 0.2) is 22.8 Å². The summed E-state index contributed by atoms with van der Waals surface area (Å²) in [7, 11) is 2.21. The van der Waals surface area contributed by atoms with Gasteiger partial charge >= 0.3 is 0 Å². The maximum Gasteiger partial charge on any atom is 0.117 e. The zero-order valence-electron chi connectivity index (χ0n) is 10.6. The number of rotatable bonds is 6. The van der Waals surface area contributed by atoms with Gasteiger partial charge in [0.1, 0.15) is 5.76 Å². The molecule has 0 unspecified atom stereocenters. The Balaban J connectivity index is 1.78. The molecule has 0 saturated heterocycles. The third kappa shape index (κ3) is 1.91. The predicted molar refractivity (Wildman–Crippen MR) is 67.4 cm³/mol. The van der Waals surface area contributed by atoms with Gasteiger partial charge in [-0.05, 0) is 56.7 Å². The molecule has 0 atom stereocenters. The Morgan fingerprint density at radius 3 is 2.41 bits per heavy atom. The van der Waals surface area contributed by atoms with E-state index in [0.29, 0.717) is 0 Å². The van der Waals surface area contributed by atoms with Crippen LogP contribution in [0, 0.1) is 11.8 Å². The van der Waals surface area contributed by atoms with Crippen LogP contribution in [0.3, 0.4) is 0 Å². The first-order chi connectivity index (χ1) is 8.27. The van der Waals surface area contributed by atoms with Crippen molar-refractivity contribution in [2.75, 3.05) is 13.6 Å². The smallest absolute Gasteiger partial charge is 0.117 e. The Kier molecular flexibility index (Phi) is 2.75. The SMILES string of the molecule is CN(Cc1ccco1)C(CN)(C1CC1)C1CC1. The Morgan fingerprint density at radius 1 is 1.35 bits per heavy atom. The average Bonchev–Trinajstić information content (AvgIpc) is 3.23. The van der Waals surface area contributed by atoms with Crippen molar-refractivity contribution in [2.45, 2.75) is 37.8 Å². The van der Waals surface area contributed by atoms with E-state index < -0.39 is 0 Å². The molecule has 1 heterocycles. The van der Waals surface area contributed by atoms with E-state index in [0.717, 1.165) is 30.7 Å². The van der Waals surface area contributed by atoms with Gasteiger partial charge in [-0.15, -0.1) is 0 Å².